The van der Waals surface area contributed by atoms with Crippen molar-refractivity contribution >= 4 is 21.6 Å². The van der Waals surface area contributed by atoms with Crippen molar-refractivity contribution in [2.75, 3.05) is 11.9 Å². The fourth-order valence-electron chi connectivity index (χ4n) is 1.32. The molecule has 4 N–H and O–H groups in total. The summed E-state index contributed by atoms with van der Waals surface area (Å²) in [6.07, 6.45) is 2.85. The summed E-state index contributed by atoms with van der Waals surface area (Å²) >= 11 is 0. The Labute approximate surface area is 122 Å². The van der Waals surface area contributed by atoms with Crippen LogP contribution < -0.4 is 15.8 Å². The highest BCUT2D eigenvalue weighted by molar-refractivity contribution is 7.89. The standard InChI is InChI=1S/C13H14N4O3S/c1-2-7-16-9-10(8-14)13(18)17-11-3-5-12(6-4-11)21(15,19)20/h2-6,9,16H,1,7H2,(H,17,18)(H2,15,19,20)/b10-9-. The number of carbonyl (C=O) groups excluding carboxylic acids is 1. The van der Waals surface area contributed by atoms with Crippen molar-refractivity contribution in [1.82, 2.24) is 5.32 Å². The Balaban J connectivity index is 2.81. The van der Waals surface area contributed by atoms with E-state index in [4.69, 9.17) is 10.4 Å². The maximum Gasteiger partial charge on any atom is 0.267 e. The molecule has 1 rings (SSSR count). The number of nitrogens with two attached hydrogens (primary N) is 1. The molecule has 0 unspecified atom stereocenters. The van der Waals surface area contributed by atoms with Crippen molar-refractivity contribution < 1.29 is 13.2 Å². The van der Waals surface area contributed by atoms with Gasteiger partial charge in [0, 0.05) is 18.4 Å². The van der Waals surface area contributed by atoms with Crippen LogP contribution in [0.2, 0.25) is 0 Å². The van der Waals surface area contributed by atoms with E-state index in [9.17, 15) is 13.2 Å². The number of rotatable bonds is 6. The van der Waals surface area contributed by atoms with Gasteiger partial charge in [-0.15, -0.1) is 6.58 Å². The lowest BCUT2D eigenvalue weighted by Gasteiger charge is -2.05. The third-order valence-electron chi connectivity index (χ3n) is 2.31. The molecule has 110 valence electrons. The summed E-state index contributed by atoms with van der Waals surface area (Å²) in [4.78, 5) is 11.7. The fraction of sp³-hybridized carbons (Fsp3) is 0.0769. The number of sulfonamides is 1. The van der Waals surface area contributed by atoms with Crippen LogP contribution in [0.1, 0.15) is 0 Å². The first kappa shape index (κ1) is 16.4. The molecule has 0 bridgehead atoms. The second-order valence-electron chi connectivity index (χ2n) is 3.89. The summed E-state index contributed by atoms with van der Waals surface area (Å²) in [6, 6.07) is 7.03. The molecule has 21 heavy (non-hydrogen) atoms. The van der Waals surface area contributed by atoms with Gasteiger partial charge in [-0.1, -0.05) is 6.08 Å². The quantitative estimate of drug-likeness (QED) is 0.304. The monoisotopic (exact) mass is 306 g/mol. The van der Waals surface area contributed by atoms with E-state index in [0.29, 0.717) is 12.2 Å². The smallest absolute Gasteiger partial charge is 0.267 e. The second kappa shape index (κ2) is 7.23. The first-order valence-corrected chi connectivity index (χ1v) is 7.32. The van der Waals surface area contributed by atoms with Gasteiger partial charge in [-0.25, -0.2) is 13.6 Å². The van der Waals surface area contributed by atoms with Crippen LogP contribution in [0.3, 0.4) is 0 Å². The molecule has 0 saturated carbocycles. The molecule has 0 aliphatic heterocycles. The van der Waals surface area contributed by atoms with Gasteiger partial charge in [-0.3, -0.25) is 4.79 Å². The zero-order valence-corrected chi connectivity index (χ0v) is 11.9. The summed E-state index contributed by atoms with van der Waals surface area (Å²) in [6.45, 7) is 3.91. The minimum atomic E-state index is -3.78. The molecule has 0 radical (unpaired) electrons. The van der Waals surface area contributed by atoms with Gasteiger partial charge >= 0.3 is 0 Å². The predicted octanol–water partition coefficient (Wildman–Crippen LogP) is 0.456. The molecule has 7 nitrogen and oxygen atoms in total. The normalized spacial score (nSPS) is 11.3. The van der Waals surface area contributed by atoms with E-state index in [1.54, 1.807) is 12.1 Å². The average molecular weight is 306 g/mol. The first-order chi connectivity index (χ1) is 9.88. The van der Waals surface area contributed by atoms with Gasteiger partial charge in [-0.2, -0.15) is 5.26 Å². The molecule has 1 amide bonds. The third-order valence-corrected chi connectivity index (χ3v) is 3.24. The van der Waals surface area contributed by atoms with E-state index in [2.05, 4.69) is 17.2 Å². The SMILES string of the molecule is C=CCN/C=C(/C#N)C(=O)Nc1ccc(S(N)(=O)=O)cc1. The second-order valence-corrected chi connectivity index (χ2v) is 5.45. The Bertz CT molecular complexity index is 700. The molecule has 8 heteroatoms. The highest BCUT2D eigenvalue weighted by Crippen LogP contribution is 2.13. The van der Waals surface area contributed by atoms with E-state index in [-0.39, 0.29) is 10.5 Å². The number of hydrogen-bond donors (Lipinski definition) is 3. The predicted molar refractivity (Wildman–Crippen MR) is 78.3 cm³/mol. The maximum atomic E-state index is 11.8. The lowest BCUT2D eigenvalue weighted by molar-refractivity contribution is -0.112. The Kier molecular flexibility index (Phi) is 5.66. The highest BCUT2D eigenvalue weighted by atomic mass is 32.2. The summed E-state index contributed by atoms with van der Waals surface area (Å²) in [5, 5.41) is 19.0. The van der Waals surface area contributed by atoms with Crippen LogP contribution in [-0.4, -0.2) is 20.9 Å². The third kappa shape index (κ3) is 5.10. The number of benzene rings is 1. The number of primary sulfonamides is 1. The number of carbonyl (C=O) groups is 1. The van der Waals surface area contributed by atoms with Gasteiger partial charge in [-0.05, 0) is 24.3 Å². The van der Waals surface area contributed by atoms with Crippen LogP contribution >= 0.6 is 0 Å². The van der Waals surface area contributed by atoms with Gasteiger partial charge < -0.3 is 10.6 Å². The molecule has 0 aliphatic rings. The number of amides is 1. The molecular weight excluding hydrogens is 292 g/mol. The topological polar surface area (TPSA) is 125 Å². The fourth-order valence-corrected chi connectivity index (χ4v) is 1.83. The Morgan fingerprint density at radius 1 is 1.38 bits per heavy atom. The van der Waals surface area contributed by atoms with Crippen molar-refractivity contribution in [1.29, 1.82) is 5.26 Å². The van der Waals surface area contributed by atoms with Crippen LogP contribution in [0.4, 0.5) is 5.69 Å². The van der Waals surface area contributed by atoms with E-state index in [1.807, 2.05) is 0 Å². The van der Waals surface area contributed by atoms with E-state index in [0.717, 1.165) is 0 Å². The molecular formula is C13H14N4O3S. The Hall–Kier alpha value is -2.63. The summed E-state index contributed by atoms with van der Waals surface area (Å²) in [7, 11) is -3.78. The molecule has 1 aromatic carbocycles. The molecule has 0 spiro atoms. The molecule has 0 fully saturated rings. The van der Waals surface area contributed by atoms with Crippen molar-refractivity contribution in [2.24, 2.45) is 5.14 Å². The van der Waals surface area contributed by atoms with Gasteiger partial charge in [0.1, 0.15) is 11.6 Å². The molecule has 0 atom stereocenters. The zero-order chi connectivity index (χ0) is 15.9. The lowest BCUT2D eigenvalue weighted by Crippen LogP contribution is -2.17. The van der Waals surface area contributed by atoms with Crippen LogP contribution in [0.5, 0.6) is 0 Å². The molecule has 0 saturated heterocycles. The Morgan fingerprint density at radius 2 is 2.00 bits per heavy atom. The number of hydrogen-bond acceptors (Lipinski definition) is 5. The van der Waals surface area contributed by atoms with Crippen molar-refractivity contribution in [2.45, 2.75) is 4.90 Å². The maximum absolute atomic E-state index is 11.8. The van der Waals surface area contributed by atoms with Crippen molar-refractivity contribution in [3.63, 3.8) is 0 Å². The number of nitriles is 1. The number of nitrogens with one attached hydrogen (secondary N) is 2. The first-order valence-electron chi connectivity index (χ1n) is 5.77. The largest absolute Gasteiger partial charge is 0.386 e. The molecule has 1 aromatic rings. The van der Waals surface area contributed by atoms with Crippen LogP contribution in [0.15, 0.2) is 53.6 Å². The summed E-state index contributed by atoms with van der Waals surface area (Å²) in [5.74, 6) is -0.614. The minimum absolute atomic E-state index is 0.0656. The van der Waals surface area contributed by atoms with E-state index < -0.39 is 15.9 Å². The van der Waals surface area contributed by atoms with Gasteiger partial charge in [0.25, 0.3) is 5.91 Å². The zero-order valence-electron chi connectivity index (χ0n) is 11.0. The molecule has 0 heterocycles. The number of nitrogens with zero attached hydrogens (tertiary/aromatic N) is 1. The van der Waals surface area contributed by atoms with E-state index in [1.165, 1.54) is 30.5 Å². The van der Waals surface area contributed by atoms with Crippen LogP contribution in [0.25, 0.3) is 0 Å². The van der Waals surface area contributed by atoms with Gasteiger partial charge in [0.15, 0.2) is 0 Å². The van der Waals surface area contributed by atoms with Crippen LogP contribution in [0, 0.1) is 11.3 Å². The lowest BCUT2D eigenvalue weighted by atomic mass is 10.2. The number of anilines is 1. The van der Waals surface area contributed by atoms with Gasteiger partial charge in [0.05, 0.1) is 4.90 Å². The molecule has 0 aliphatic carbocycles. The minimum Gasteiger partial charge on any atom is -0.386 e. The summed E-state index contributed by atoms with van der Waals surface area (Å²) < 4.78 is 22.2. The van der Waals surface area contributed by atoms with Crippen molar-refractivity contribution in [3.8, 4) is 6.07 Å². The molecule has 0 aromatic heterocycles. The Morgan fingerprint density at radius 3 is 2.48 bits per heavy atom. The van der Waals surface area contributed by atoms with Crippen LogP contribution in [-0.2, 0) is 14.8 Å². The van der Waals surface area contributed by atoms with E-state index >= 15 is 0 Å². The average Bonchev–Trinajstić information content (AvgIpc) is 2.43. The van der Waals surface area contributed by atoms with Gasteiger partial charge in [0.2, 0.25) is 10.0 Å². The highest BCUT2D eigenvalue weighted by Gasteiger charge is 2.10. The van der Waals surface area contributed by atoms with Crippen molar-refractivity contribution in [3.05, 3.63) is 48.7 Å². The summed E-state index contributed by atoms with van der Waals surface area (Å²) in [5.41, 5.74) is 0.227.